The molecule has 0 unspecified atom stereocenters. The Bertz CT molecular complexity index is 80.0. The van der Waals surface area contributed by atoms with Crippen molar-refractivity contribution < 1.29 is 19.8 Å². The van der Waals surface area contributed by atoms with E-state index in [1.54, 1.807) is 0 Å². The molecule has 0 saturated carbocycles. The summed E-state index contributed by atoms with van der Waals surface area (Å²) < 4.78 is 0. The maximum atomic E-state index is 9.10. The molecular formula is C2H7NO4Si. The quantitative estimate of drug-likeness (QED) is 0.251. The lowest BCUT2D eigenvalue weighted by Gasteiger charge is -1.72. The Morgan fingerprint density at radius 3 is 1.25 bits per heavy atom. The van der Waals surface area contributed by atoms with Crippen molar-refractivity contribution in [1.82, 2.24) is 0 Å². The summed E-state index contributed by atoms with van der Waals surface area (Å²) in [5, 5.41) is 19.4. The van der Waals surface area contributed by atoms with Crippen molar-refractivity contribution in [3.63, 3.8) is 0 Å². The molecule has 6 heteroatoms. The topological polar surface area (TPSA) is 101 Å². The van der Waals surface area contributed by atoms with Crippen molar-refractivity contribution in [1.29, 1.82) is 0 Å². The number of carboxylic acids is 2. The summed E-state index contributed by atoms with van der Waals surface area (Å²) in [6, 6.07) is 0. The van der Waals surface area contributed by atoms with Gasteiger partial charge in [-0.25, -0.2) is 9.59 Å². The Labute approximate surface area is 48.6 Å². The van der Waals surface area contributed by atoms with Crippen LogP contribution in [-0.4, -0.2) is 32.6 Å². The second-order valence-corrected chi connectivity index (χ2v) is 0.610. The van der Waals surface area contributed by atoms with E-state index in [-0.39, 0.29) is 0 Å². The molecule has 0 spiro atoms. The van der Waals surface area contributed by atoms with Gasteiger partial charge in [0, 0.05) is 0 Å². The second-order valence-electron chi connectivity index (χ2n) is 0.610. The van der Waals surface area contributed by atoms with Crippen molar-refractivity contribution in [2.75, 3.05) is 0 Å². The predicted molar refractivity (Wildman–Crippen MR) is 29.4 cm³/mol. The van der Waals surface area contributed by atoms with E-state index in [4.69, 9.17) is 19.8 Å². The molecule has 0 rings (SSSR count). The van der Waals surface area contributed by atoms with E-state index in [0.717, 1.165) is 10.4 Å². The molecule has 0 aromatic heterocycles. The second kappa shape index (κ2) is 6.12. The summed E-state index contributed by atoms with van der Waals surface area (Å²) in [6.45, 7) is 0. The van der Waals surface area contributed by atoms with Gasteiger partial charge in [0.2, 0.25) is 0 Å². The van der Waals surface area contributed by atoms with Gasteiger partial charge in [-0.3, -0.25) is 0 Å². The van der Waals surface area contributed by atoms with Gasteiger partial charge in [0.25, 0.3) is 0 Å². The number of carboxylic acid groups (broad SMARTS) is 2. The SMILES string of the molecule is N[SiH3].O=C(O)C(=O)O. The summed E-state index contributed by atoms with van der Waals surface area (Å²) in [6.07, 6.45) is 0. The van der Waals surface area contributed by atoms with Crippen LogP contribution >= 0.6 is 0 Å². The Morgan fingerprint density at radius 2 is 1.25 bits per heavy atom. The predicted octanol–water partition coefficient (Wildman–Crippen LogP) is -2.62. The Morgan fingerprint density at radius 1 is 1.12 bits per heavy atom. The van der Waals surface area contributed by atoms with E-state index < -0.39 is 11.9 Å². The lowest BCUT2D eigenvalue weighted by Crippen LogP contribution is -2.09. The fourth-order valence-corrected chi connectivity index (χ4v) is 0. The van der Waals surface area contributed by atoms with Gasteiger partial charge < -0.3 is 15.6 Å². The van der Waals surface area contributed by atoms with Crippen LogP contribution in [0.5, 0.6) is 0 Å². The highest BCUT2D eigenvalue weighted by molar-refractivity contribution is 6.27. The van der Waals surface area contributed by atoms with Gasteiger partial charge in [0.15, 0.2) is 0 Å². The molecule has 0 amide bonds. The summed E-state index contributed by atoms with van der Waals surface area (Å²) in [4.78, 5) is 18.2. The summed E-state index contributed by atoms with van der Waals surface area (Å²) >= 11 is 0. The molecule has 0 saturated heterocycles. The van der Waals surface area contributed by atoms with Crippen molar-refractivity contribution in [3.05, 3.63) is 0 Å². The molecule has 0 radical (unpaired) electrons. The zero-order valence-electron chi connectivity index (χ0n) is 4.29. The monoisotopic (exact) mass is 137 g/mol. The number of carbonyl (C=O) groups is 2. The molecule has 4 N–H and O–H groups in total. The summed E-state index contributed by atoms with van der Waals surface area (Å²) in [5.41, 5.74) is 0. The number of rotatable bonds is 0. The first-order valence-corrected chi connectivity index (χ1v) is 2.84. The molecule has 0 heterocycles. The first kappa shape index (κ1) is 10.2. The van der Waals surface area contributed by atoms with E-state index in [9.17, 15) is 0 Å². The lowest BCUT2D eigenvalue weighted by molar-refractivity contribution is -0.159. The van der Waals surface area contributed by atoms with E-state index in [2.05, 4.69) is 5.40 Å². The first-order chi connectivity index (χ1) is 3.64. The first-order valence-electron chi connectivity index (χ1n) is 1.68. The molecular weight excluding hydrogens is 130 g/mol. The van der Waals surface area contributed by atoms with E-state index in [1.165, 1.54) is 0 Å². The van der Waals surface area contributed by atoms with E-state index in [0.29, 0.717) is 0 Å². The molecule has 0 aromatic rings. The van der Waals surface area contributed by atoms with Crippen molar-refractivity contribution >= 4 is 22.3 Å². The highest BCUT2D eigenvalue weighted by Gasteiger charge is 2.04. The molecule has 0 aliphatic heterocycles. The average Bonchev–Trinajstić information content (AvgIpc) is 1.72. The molecule has 0 aromatic carbocycles. The van der Waals surface area contributed by atoms with Gasteiger partial charge in [-0.1, -0.05) is 0 Å². The fraction of sp³-hybridized carbons (Fsp3) is 0. The zero-order chi connectivity index (χ0) is 7.15. The lowest BCUT2D eigenvalue weighted by atomic mass is 10.7. The third-order valence-corrected chi connectivity index (χ3v) is 0.183. The molecule has 8 heavy (non-hydrogen) atoms. The van der Waals surface area contributed by atoms with Gasteiger partial charge >= 0.3 is 11.9 Å². The Hall–Kier alpha value is -0.883. The molecule has 0 aliphatic rings. The standard InChI is InChI=1S/C2H2O4.H5NSi/c3-1(4)2(5)6;1-2/h(H,3,4)(H,5,6);1H2,2H3. The fourth-order valence-electron chi connectivity index (χ4n) is 0. The van der Waals surface area contributed by atoms with Gasteiger partial charge in [-0.2, -0.15) is 0 Å². The maximum absolute atomic E-state index is 9.10. The van der Waals surface area contributed by atoms with Crippen LogP contribution in [0.2, 0.25) is 0 Å². The smallest absolute Gasteiger partial charge is 0.414 e. The minimum Gasteiger partial charge on any atom is -0.473 e. The minimum absolute atomic E-state index is 0.806. The van der Waals surface area contributed by atoms with Gasteiger partial charge in [0.05, 0.1) is 10.4 Å². The number of hydrogen-bond donors (Lipinski definition) is 3. The van der Waals surface area contributed by atoms with Crippen LogP contribution in [0.3, 0.4) is 0 Å². The summed E-state index contributed by atoms with van der Waals surface area (Å²) in [7, 11) is 0.806. The highest BCUT2D eigenvalue weighted by Crippen LogP contribution is 1.56. The Kier molecular flexibility index (Phi) is 7.78. The molecule has 48 valence electrons. The molecule has 0 fully saturated rings. The van der Waals surface area contributed by atoms with Gasteiger partial charge in [-0.05, 0) is 0 Å². The average molecular weight is 137 g/mol. The third-order valence-electron chi connectivity index (χ3n) is 0.183. The van der Waals surface area contributed by atoms with Crippen molar-refractivity contribution in [3.8, 4) is 0 Å². The van der Waals surface area contributed by atoms with Crippen LogP contribution in [0.25, 0.3) is 0 Å². The molecule has 0 aliphatic carbocycles. The van der Waals surface area contributed by atoms with Crippen LogP contribution in [0, 0.1) is 0 Å². The third kappa shape index (κ3) is 8.93. The molecule has 0 atom stereocenters. The van der Waals surface area contributed by atoms with Crippen LogP contribution in [0.4, 0.5) is 0 Å². The minimum atomic E-state index is -1.82. The van der Waals surface area contributed by atoms with Crippen LogP contribution in [-0.2, 0) is 9.59 Å². The van der Waals surface area contributed by atoms with Crippen molar-refractivity contribution in [2.45, 2.75) is 0 Å². The van der Waals surface area contributed by atoms with Gasteiger partial charge in [-0.15, -0.1) is 0 Å². The highest BCUT2D eigenvalue weighted by atomic mass is 28.2. The zero-order valence-corrected chi connectivity index (χ0v) is 6.29. The largest absolute Gasteiger partial charge is 0.473 e. The Balaban J connectivity index is 0. The van der Waals surface area contributed by atoms with Crippen LogP contribution < -0.4 is 5.40 Å². The number of hydrogen-bond acceptors (Lipinski definition) is 3. The van der Waals surface area contributed by atoms with Gasteiger partial charge in [0.1, 0.15) is 0 Å². The molecule has 0 bridgehead atoms. The number of aliphatic carboxylic acids is 2. The van der Waals surface area contributed by atoms with E-state index in [1.807, 2.05) is 0 Å². The summed E-state index contributed by atoms with van der Waals surface area (Å²) in [5.74, 6) is -3.65. The normalized spacial score (nSPS) is 6.62. The van der Waals surface area contributed by atoms with Crippen molar-refractivity contribution in [2.24, 2.45) is 5.40 Å². The van der Waals surface area contributed by atoms with Crippen LogP contribution in [0.15, 0.2) is 0 Å². The van der Waals surface area contributed by atoms with E-state index >= 15 is 0 Å². The molecule has 5 nitrogen and oxygen atoms in total. The number of nitrogens with two attached hydrogens (primary N) is 1. The van der Waals surface area contributed by atoms with Crippen LogP contribution in [0.1, 0.15) is 0 Å². The maximum Gasteiger partial charge on any atom is 0.414 e.